The average molecular weight is 173 g/mol. The summed E-state index contributed by atoms with van der Waals surface area (Å²) in [5.74, 6) is 1.04. The fourth-order valence-electron chi connectivity index (χ4n) is 0.562. The second kappa shape index (κ2) is 5.42. The van der Waals surface area contributed by atoms with E-state index in [1.807, 2.05) is 12.2 Å². The molecule has 0 rings (SSSR count). The Hall–Kier alpha value is -0.230. The third-order valence-corrected chi connectivity index (χ3v) is 1.87. The van der Waals surface area contributed by atoms with Crippen molar-refractivity contribution in [3.8, 4) is 0 Å². The molecule has 11 heavy (non-hydrogen) atoms. The van der Waals surface area contributed by atoms with Gasteiger partial charge in [0.1, 0.15) is 0 Å². The van der Waals surface area contributed by atoms with E-state index in [1.165, 1.54) is 0 Å². The van der Waals surface area contributed by atoms with Gasteiger partial charge in [-0.05, 0) is 17.9 Å². The van der Waals surface area contributed by atoms with Gasteiger partial charge in [-0.15, -0.1) is 0 Å². The first-order valence-electron chi connectivity index (χ1n) is 4.08. The molecule has 0 aromatic heterocycles. The third kappa shape index (κ3) is 6.18. The second-order valence-electron chi connectivity index (χ2n) is 3.34. The van der Waals surface area contributed by atoms with Crippen LogP contribution in [0, 0.1) is 11.8 Å². The molecule has 0 unspecified atom stereocenters. The number of hydrogen-bond acceptors (Lipinski definition) is 0. The first kappa shape index (κ1) is 10.8. The maximum absolute atomic E-state index is 5.91. The van der Waals surface area contributed by atoms with Crippen LogP contribution >= 0.6 is 11.6 Å². The van der Waals surface area contributed by atoms with E-state index < -0.39 is 0 Å². The molecule has 0 radical (unpaired) electrons. The van der Waals surface area contributed by atoms with Crippen molar-refractivity contribution in [2.45, 2.75) is 27.7 Å². The molecule has 0 N–H and O–H groups in total. The van der Waals surface area contributed by atoms with Crippen LogP contribution in [-0.2, 0) is 0 Å². The number of hydrogen-bond donors (Lipinski definition) is 0. The molecule has 0 aromatic carbocycles. The van der Waals surface area contributed by atoms with Crippen LogP contribution in [0.2, 0.25) is 0 Å². The number of rotatable bonds is 3. The molecule has 0 saturated heterocycles. The van der Waals surface area contributed by atoms with E-state index in [0.29, 0.717) is 11.8 Å². The number of halogens is 1. The minimum absolute atomic E-state index is 0.438. The van der Waals surface area contributed by atoms with Crippen molar-refractivity contribution in [2.24, 2.45) is 11.8 Å². The van der Waals surface area contributed by atoms with Crippen LogP contribution in [0.1, 0.15) is 27.7 Å². The summed E-state index contributed by atoms with van der Waals surface area (Å²) in [7, 11) is 0. The molecule has 0 spiro atoms. The predicted octanol–water partition coefficient (Wildman–Crippen LogP) is 3.98. The van der Waals surface area contributed by atoms with Crippen LogP contribution in [0.15, 0.2) is 23.3 Å². The summed E-state index contributed by atoms with van der Waals surface area (Å²) in [5, 5.41) is 0.918. The minimum atomic E-state index is 0.438. The lowest BCUT2D eigenvalue weighted by Crippen LogP contribution is -1.84. The molecule has 0 aliphatic heterocycles. The molecular formula is C10H17Cl. The first-order chi connectivity index (χ1) is 5.04. The summed E-state index contributed by atoms with van der Waals surface area (Å²) in [5.41, 5.74) is 0. The van der Waals surface area contributed by atoms with Crippen LogP contribution in [0.25, 0.3) is 0 Å². The molecule has 0 bridgehead atoms. The molecule has 0 saturated carbocycles. The Morgan fingerprint density at radius 3 is 2.09 bits per heavy atom. The highest BCUT2D eigenvalue weighted by molar-refractivity contribution is 6.29. The van der Waals surface area contributed by atoms with Crippen molar-refractivity contribution >= 4 is 11.6 Å². The zero-order valence-corrected chi connectivity index (χ0v) is 8.52. The molecular weight excluding hydrogens is 156 g/mol. The van der Waals surface area contributed by atoms with Gasteiger partial charge in [-0.1, -0.05) is 51.4 Å². The van der Waals surface area contributed by atoms with Gasteiger partial charge in [0.2, 0.25) is 0 Å². The van der Waals surface area contributed by atoms with Crippen LogP contribution in [-0.4, -0.2) is 0 Å². The molecule has 64 valence electrons. The molecule has 0 aliphatic rings. The van der Waals surface area contributed by atoms with Crippen molar-refractivity contribution in [1.29, 1.82) is 0 Å². The molecule has 0 aromatic rings. The van der Waals surface area contributed by atoms with Crippen LogP contribution < -0.4 is 0 Å². The van der Waals surface area contributed by atoms with E-state index in [9.17, 15) is 0 Å². The SMILES string of the molecule is CC(C)/C=C\C=C(\Cl)C(C)C. The van der Waals surface area contributed by atoms with Gasteiger partial charge >= 0.3 is 0 Å². The predicted molar refractivity (Wildman–Crippen MR) is 52.8 cm³/mol. The fraction of sp³-hybridized carbons (Fsp3) is 0.600. The second-order valence-corrected chi connectivity index (χ2v) is 3.77. The van der Waals surface area contributed by atoms with Gasteiger partial charge in [-0.2, -0.15) is 0 Å². The lowest BCUT2D eigenvalue weighted by Gasteiger charge is -1.99. The Labute approximate surface area is 74.9 Å². The van der Waals surface area contributed by atoms with Crippen molar-refractivity contribution < 1.29 is 0 Å². The van der Waals surface area contributed by atoms with E-state index in [-0.39, 0.29) is 0 Å². The lowest BCUT2D eigenvalue weighted by molar-refractivity contribution is 0.811. The maximum Gasteiger partial charge on any atom is 0.0206 e. The topological polar surface area (TPSA) is 0 Å². The standard InChI is InChI=1S/C10H17Cl/c1-8(2)6-5-7-10(11)9(3)4/h5-9H,1-4H3/b6-5-,10-7+. The number of allylic oxidation sites excluding steroid dienone is 4. The van der Waals surface area contributed by atoms with Crippen molar-refractivity contribution in [3.63, 3.8) is 0 Å². The van der Waals surface area contributed by atoms with Crippen molar-refractivity contribution in [3.05, 3.63) is 23.3 Å². The normalized spacial score (nSPS) is 13.9. The molecule has 0 amide bonds. The van der Waals surface area contributed by atoms with E-state index in [1.54, 1.807) is 0 Å². The van der Waals surface area contributed by atoms with Gasteiger partial charge in [0.15, 0.2) is 0 Å². The van der Waals surface area contributed by atoms with Crippen LogP contribution in [0.3, 0.4) is 0 Å². The van der Waals surface area contributed by atoms with Gasteiger partial charge < -0.3 is 0 Å². The highest BCUT2D eigenvalue weighted by Crippen LogP contribution is 2.13. The molecule has 0 fully saturated rings. The van der Waals surface area contributed by atoms with E-state index in [4.69, 9.17) is 11.6 Å². The Balaban J connectivity index is 3.91. The largest absolute Gasteiger partial charge is 0.0889 e. The molecule has 0 atom stereocenters. The van der Waals surface area contributed by atoms with E-state index >= 15 is 0 Å². The highest BCUT2D eigenvalue weighted by atomic mass is 35.5. The minimum Gasteiger partial charge on any atom is -0.0889 e. The molecule has 0 aliphatic carbocycles. The van der Waals surface area contributed by atoms with Gasteiger partial charge in [-0.25, -0.2) is 0 Å². The van der Waals surface area contributed by atoms with Crippen molar-refractivity contribution in [2.75, 3.05) is 0 Å². The Bertz CT molecular complexity index is 152. The summed E-state index contributed by atoms with van der Waals surface area (Å²) in [4.78, 5) is 0. The summed E-state index contributed by atoms with van der Waals surface area (Å²) in [6.07, 6.45) is 6.12. The van der Waals surface area contributed by atoms with Crippen molar-refractivity contribution in [1.82, 2.24) is 0 Å². The quantitative estimate of drug-likeness (QED) is 0.565. The highest BCUT2D eigenvalue weighted by Gasteiger charge is 1.95. The van der Waals surface area contributed by atoms with E-state index in [0.717, 1.165) is 5.03 Å². The molecule has 0 heterocycles. The lowest BCUT2D eigenvalue weighted by atomic mass is 10.1. The maximum atomic E-state index is 5.91. The summed E-state index contributed by atoms with van der Waals surface area (Å²) in [6, 6.07) is 0. The monoisotopic (exact) mass is 172 g/mol. The Morgan fingerprint density at radius 2 is 1.73 bits per heavy atom. The Morgan fingerprint density at radius 1 is 1.18 bits per heavy atom. The fourth-order valence-corrected chi connectivity index (χ4v) is 0.635. The van der Waals surface area contributed by atoms with Crippen LogP contribution in [0.5, 0.6) is 0 Å². The van der Waals surface area contributed by atoms with Gasteiger partial charge in [0, 0.05) is 5.03 Å². The molecule has 1 heteroatoms. The van der Waals surface area contributed by atoms with Gasteiger partial charge in [-0.3, -0.25) is 0 Å². The summed E-state index contributed by atoms with van der Waals surface area (Å²) < 4.78 is 0. The first-order valence-corrected chi connectivity index (χ1v) is 4.45. The van der Waals surface area contributed by atoms with Gasteiger partial charge in [0.25, 0.3) is 0 Å². The van der Waals surface area contributed by atoms with E-state index in [2.05, 4.69) is 33.8 Å². The Kier molecular flexibility index (Phi) is 5.31. The third-order valence-electron chi connectivity index (χ3n) is 1.30. The summed E-state index contributed by atoms with van der Waals surface area (Å²) >= 11 is 5.91. The van der Waals surface area contributed by atoms with Crippen LogP contribution in [0.4, 0.5) is 0 Å². The van der Waals surface area contributed by atoms with Gasteiger partial charge in [0.05, 0.1) is 0 Å². The summed E-state index contributed by atoms with van der Waals surface area (Å²) in [6.45, 7) is 8.46. The zero-order chi connectivity index (χ0) is 8.85. The average Bonchev–Trinajstić information content (AvgIpc) is 1.86. The zero-order valence-electron chi connectivity index (χ0n) is 7.76. The smallest absolute Gasteiger partial charge is 0.0206 e. The molecule has 0 nitrogen and oxygen atoms in total.